The summed E-state index contributed by atoms with van der Waals surface area (Å²) in [5, 5.41) is 6.17. The smallest absolute Gasteiger partial charge is 0.322 e. The summed E-state index contributed by atoms with van der Waals surface area (Å²) in [6.45, 7) is 0. The summed E-state index contributed by atoms with van der Waals surface area (Å²) in [6.07, 6.45) is 0. The maximum atomic E-state index is 12.9. The third-order valence-electron chi connectivity index (χ3n) is 5.06. The Morgan fingerprint density at radius 2 is 1.55 bits per heavy atom. The number of halogens is 1. The van der Waals surface area contributed by atoms with Crippen molar-refractivity contribution in [2.24, 2.45) is 14.1 Å². The van der Waals surface area contributed by atoms with Crippen LogP contribution in [0.3, 0.4) is 0 Å². The molecule has 0 saturated heterocycles. The molecule has 0 radical (unpaired) electrons. The zero-order valence-corrected chi connectivity index (χ0v) is 18.4. The lowest BCUT2D eigenvalue weighted by Gasteiger charge is -2.12. The van der Waals surface area contributed by atoms with Crippen molar-refractivity contribution in [2.45, 2.75) is 0 Å². The van der Waals surface area contributed by atoms with Crippen LogP contribution >= 0.6 is 11.6 Å². The van der Waals surface area contributed by atoms with Crippen molar-refractivity contribution in [3.63, 3.8) is 0 Å². The highest BCUT2D eigenvalue weighted by molar-refractivity contribution is 6.30. The van der Waals surface area contributed by atoms with Gasteiger partial charge < -0.3 is 10.6 Å². The van der Waals surface area contributed by atoms with Gasteiger partial charge in [0.15, 0.2) is 0 Å². The predicted molar refractivity (Wildman–Crippen MR) is 126 cm³/mol. The summed E-state index contributed by atoms with van der Waals surface area (Å²) < 4.78 is 2.17. The van der Waals surface area contributed by atoms with Gasteiger partial charge in [0.1, 0.15) is 11.3 Å². The van der Waals surface area contributed by atoms with Crippen LogP contribution in [0, 0.1) is 0 Å². The largest absolute Gasteiger partial charge is 0.332 e. The highest BCUT2D eigenvalue weighted by Gasteiger charge is 2.17. The number of amides is 2. The number of hydrogen-bond acceptors (Lipinski definition) is 5. The lowest BCUT2D eigenvalue weighted by Crippen LogP contribution is -2.37. The third kappa shape index (κ3) is 4.26. The van der Waals surface area contributed by atoms with Crippen molar-refractivity contribution in [2.75, 3.05) is 10.6 Å². The Morgan fingerprint density at radius 1 is 0.848 bits per heavy atom. The fourth-order valence-corrected chi connectivity index (χ4v) is 3.41. The monoisotopic (exact) mass is 463 g/mol. The second-order valence-corrected chi connectivity index (χ2v) is 7.67. The van der Waals surface area contributed by atoms with Gasteiger partial charge in [-0.15, -0.1) is 0 Å². The van der Waals surface area contributed by atoms with E-state index in [2.05, 4.69) is 15.6 Å². The van der Waals surface area contributed by atoms with Crippen molar-refractivity contribution in [1.29, 1.82) is 0 Å². The molecular weight excluding hydrogens is 446 g/mol. The van der Waals surface area contributed by atoms with Crippen molar-refractivity contribution < 1.29 is 9.59 Å². The third-order valence-corrected chi connectivity index (χ3v) is 5.31. The standard InChI is InChI=1S/C23H18ClN5O4/c1-28-19-16(22(32)29(2)23(28)33)11-12-18(26-19)21(31)27-17-6-4-3-5-15(17)20(30)25-14-9-7-13(24)8-10-14/h3-12H,1-2H3,(H,25,30)(H,27,31). The van der Waals surface area contributed by atoms with Crippen LogP contribution in [0.25, 0.3) is 11.0 Å². The fraction of sp³-hybridized carbons (Fsp3) is 0.0870. The van der Waals surface area contributed by atoms with E-state index in [1.165, 1.54) is 30.8 Å². The fourth-order valence-electron chi connectivity index (χ4n) is 3.29. The average molecular weight is 464 g/mol. The Morgan fingerprint density at radius 3 is 2.27 bits per heavy atom. The lowest BCUT2D eigenvalue weighted by atomic mass is 10.1. The minimum atomic E-state index is -0.600. The van der Waals surface area contributed by atoms with Gasteiger partial charge in [0.2, 0.25) is 0 Å². The number of nitrogens with zero attached hydrogens (tertiary/aromatic N) is 3. The summed E-state index contributed by atoms with van der Waals surface area (Å²) in [5.74, 6) is -1.03. The normalized spacial score (nSPS) is 10.8. The maximum absolute atomic E-state index is 12.9. The Kier molecular flexibility index (Phi) is 5.80. The van der Waals surface area contributed by atoms with Crippen LogP contribution in [0.4, 0.5) is 11.4 Å². The number of aryl methyl sites for hydroxylation is 1. The van der Waals surface area contributed by atoms with Crippen LogP contribution in [0.1, 0.15) is 20.8 Å². The number of aromatic nitrogens is 3. The number of anilines is 2. The van der Waals surface area contributed by atoms with Crippen LogP contribution < -0.4 is 21.9 Å². The molecule has 10 heteroatoms. The second-order valence-electron chi connectivity index (χ2n) is 7.23. The molecule has 2 aromatic heterocycles. The van der Waals surface area contributed by atoms with E-state index in [4.69, 9.17) is 11.6 Å². The first-order valence-corrected chi connectivity index (χ1v) is 10.2. The highest BCUT2D eigenvalue weighted by atomic mass is 35.5. The number of hydrogen-bond donors (Lipinski definition) is 2. The topological polar surface area (TPSA) is 115 Å². The van der Waals surface area contributed by atoms with Gasteiger partial charge in [-0.25, -0.2) is 9.78 Å². The number of para-hydroxylation sites is 1. The van der Waals surface area contributed by atoms with Crippen LogP contribution in [-0.2, 0) is 14.1 Å². The van der Waals surface area contributed by atoms with Gasteiger partial charge >= 0.3 is 5.69 Å². The summed E-state index contributed by atoms with van der Waals surface area (Å²) in [4.78, 5) is 54.4. The summed E-state index contributed by atoms with van der Waals surface area (Å²) in [7, 11) is 2.84. The molecule has 4 aromatic rings. The Hall–Kier alpha value is -4.24. The molecule has 33 heavy (non-hydrogen) atoms. The zero-order valence-electron chi connectivity index (χ0n) is 17.6. The molecule has 0 fully saturated rings. The first-order valence-electron chi connectivity index (χ1n) is 9.80. The van der Waals surface area contributed by atoms with Crippen LogP contribution in [0.5, 0.6) is 0 Å². The Labute approximate surface area is 192 Å². The van der Waals surface area contributed by atoms with Gasteiger partial charge in [0.05, 0.1) is 16.6 Å². The van der Waals surface area contributed by atoms with E-state index in [9.17, 15) is 19.2 Å². The van der Waals surface area contributed by atoms with Gasteiger partial charge in [-0.1, -0.05) is 23.7 Å². The molecule has 2 amide bonds. The number of pyridine rings is 1. The van der Waals surface area contributed by atoms with Gasteiger partial charge in [-0.05, 0) is 48.5 Å². The first kappa shape index (κ1) is 22.0. The molecule has 9 nitrogen and oxygen atoms in total. The van der Waals surface area contributed by atoms with E-state index in [-0.39, 0.29) is 28.0 Å². The van der Waals surface area contributed by atoms with E-state index in [1.807, 2.05) is 0 Å². The molecule has 0 unspecified atom stereocenters. The van der Waals surface area contributed by atoms with Gasteiger partial charge in [-0.3, -0.25) is 23.5 Å². The summed E-state index contributed by atoms with van der Waals surface area (Å²) in [5.41, 5.74) is 0.0718. The van der Waals surface area contributed by atoms with Crippen molar-refractivity contribution in [3.8, 4) is 0 Å². The molecule has 0 bridgehead atoms. The van der Waals surface area contributed by atoms with E-state index in [0.29, 0.717) is 10.7 Å². The van der Waals surface area contributed by atoms with Crippen LogP contribution in [0.2, 0.25) is 5.02 Å². The zero-order chi connectivity index (χ0) is 23.7. The van der Waals surface area contributed by atoms with Gasteiger partial charge in [-0.2, -0.15) is 0 Å². The summed E-state index contributed by atoms with van der Waals surface area (Å²) in [6, 6.07) is 16.0. The minimum absolute atomic E-state index is 0.0151. The van der Waals surface area contributed by atoms with Gasteiger partial charge in [0, 0.05) is 24.8 Å². The molecular formula is C23H18ClN5O4. The minimum Gasteiger partial charge on any atom is -0.322 e. The summed E-state index contributed by atoms with van der Waals surface area (Å²) >= 11 is 5.87. The molecule has 0 atom stereocenters. The van der Waals surface area contributed by atoms with Gasteiger partial charge in [0.25, 0.3) is 17.4 Å². The molecule has 0 aliphatic carbocycles. The average Bonchev–Trinajstić information content (AvgIpc) is 2.82. The number of fused-ring (bicyclic) bond motifs is 1. The van der Waals surface area contributed by atoms with E-state index in [1.54, 1.807) is 48.5 Å². The lowest BCUT2D eigenvalue weighted by molar-refractivity contribution is 0.102. The maximum Gasteiger partial charge on any atom is 0.332 e. The predicted octanol–water partition coefficient (Wildman–Crippen LogP) is 2.79. The van der Waals surface area contributed by atoms with Crippen molar-refractivity contribution >= 4 is 45.8 Å². The number of rotatable bonds is 4. The van der Waals surface area contributed by atoms with Crippen molar-refractivity contribution in [3.05, 3.63) is 97.8 Å². The number of carbonyl (C=O) groups excluding carboxylic acids is 2. The Balaban J connectivity index is 1.64. The SMILES string of the molecule is Cn1c(=O)c2ccc(C(=O)Nc3ccccc3C(=O)Nc3ccc(Cl)cc3)nc2n(C)c1=O. The van der Waals surface area contributed by atoms with Crippen LogP contribution in [-0.4, -0.2) is 25.9 Å². The second kappa shape index (κ2) is 8.71. The molecule has 166 valence electrons. The molecule has 0 aliphatic heterocycles. The molecule has 0 spiro atoms. The molecule has 4 rings (SSSR count). The first-order chi connectivity index (χ1) is 15.8. The highest BCUT2D eigenvalue weighted by Crippen LogP contribution is 2.20. The van der Waals surface area contributed by atoms with E-state index < -0.39 is 23.1 Å². The van der Waals surface area contributed by atoms with E-state index in [0.717, 1.165) is 4.57 Å². The number of carbonyl (C=O) groups is 2. The quantitative estimate of drug-likeness (QED) is 0.483. The molecule has 0 aliphatic rings. The van der Waals surface area contributed by atoms with E-state index >= 15 is 0 Å². The molecule has 0 saturated carbocycles. The van der Waals surface area contributed by atoms with Crippen LogP contribution in [0.15, 0.2) is 70.3 Å². The molecule has 2 aromatic carbocycles. The molecule has 2 heterocycles. The number of benzene rings is 2. The Bertz CT molecular complexity index is 1520. The molecule has 2 N–H and O–H groups in total. The van der Waals surface area contributed by atoms with Crippen molar-refractivity contribution in [1.82, 2.24) is 14.1 Å². The number of nitrogens with one attached hydrogen (secondary N) is 2.